The van der Waals surface area contributed by atoms with Crippen molar-refractivity contribution < 1.29 is 5.11 Å². The summed E-state index contributed by atoms with van der Waals surface area (Å²) < 4.78 is 0. The summed E-state index contributed by atoms with van der Waals surface area (Å²) >= 11 is 0. The molecular formula is C13H22N2O. The molecule has 0 saturated carbocycles. The van der Waals surface area contributed by atoms with Gasteiger partial charge in [-0.05, 0) is 24.1 Å². The SMILES string of the molecule is CCCc1ccc(N(C)CC(N)CO)cc1. The molecule has 0 heterocycles. The Morgan fingerprint density at radius 2 is 1.94 bits per heavy atom. The maximum atomic E-state index is 8.89. The molecule has 1 rings (SSSR count). The van der Waals surface area contributed by atoms with Gasteiger partial charge in [0.15, 0.2) is 0 Å². The Morgan fingerprint density at radius 3 is 2.44 bits per heavy atom. The third-order valence-corrected chi connectivity index (χ3v) is 2.66. The van der Waals surface area contributed by atoms with Gasteiger partial charge in [-0.1, -0.05) is 25.5 Å². The van der Waals surface area contributed by atoms with Gasteiger partial charge in [-0.15, -0.1) is 0 Å². The summed E-state index contributed by atoms with van der Waals surface area (Å²) in [6, 6.07) is 8.34. The van der Waals surface area contributed by atoms with Crippen molar-refractivity contribution in [2.24, 2.45) is 5.73 Å². The molecule has 16 heavy (non-hydrogen) atoms. The first-order valence-corrected chi connectivity index (χ1v) is 5.84. The van der Waals surface area contributed by atoms with Crippen LogP contribution in [0.15, 0.2) is 24.3 Å². The van der Waals surface area contributed by atoms with Crippen LogP contribution in [-0.2, 0) is 6.42 Å². The van der Waals surface area contributed by atoms with Crippen molar-refractivity contribution >= 4 is 5.69 Å². The number of anilines is 1. The summed E-state index contributed by atoms with van der Waals surface area (Å²) in [4.78, 5) is 2.07. The van der Waals surface area contributed by atoms with Crippen LogP contribution >= 0.6 is 0 Å². The third kappa shape index (κ3) is 3.83. The zero-order valence-electron chi connectivity index (χ0n) is 10.2. The molecular weight excluding hydrogens is 200 g/mol. The highest BCUT2D eigenvalue weighted by molar-refractivity contribution is 5.47. The maximum absolute atomic E-state index is 8.89. The average Bonchev–Trinajstić information content (AvgIpc) is 2.30. The minimum absolute atomic E-state index is 0.0260. The number of nitrogens with two attached hydrogens (primary N) is 1. The predicted octanol–water partition coefficient (Wildman–Crippen LogP) is 1.39. The van der Waals surface area contributed by atoms with E-state index in [1.165, 1.54) is 12.0 Å². The van der Waals surface area contributed by atoms with Crippen molar-refractivity contribution in [3.05, 3.63) is 29.8 Å². The smallest absolute Gasteiger partial charge is 0.0599 e. The molecule has 0 amide bonds. The van der Waals surface area contributed by atoms with Crippen LogP contribution < -0.4 is 10.6 Å². The number of aliphatic hydroxyl groups is 1. The van der Waals surface area contributed by atoms with Crippen LogP contribution in [-0.4, -0.2) is 31.3 Å². The summed E-state index contributed by atoms with van der Waals surface area (Å²) in [5.41, 5.74) is 8.21. The molecule has 90 valence electrons. The number of aryl methyl sites for hydroxylation is 1. The predicted molar refractivity (Wildman–Crippen MR) is 68.8 cm³/mol. The van der Waals surface area contributed by atoms with E-state index in [0.29, 0.717) is 6.54 Å². The summed E-state index contributed by atoms with van der Waals surface area (Å²) in [5, 5.41) is 8.89. The lowest BCUT2D eigenvalue weighted by Gasteiger charge is -2.22. The Kier molecular flexibility index (Phi) is 5.29. The number of aliphatic hydroxyl groups excluding tert-OH is 1. The van der Waals surface area contributed by atoms with E-state index in [1.54, 1.807) is 0 Å². The molecule has 0 bridgehead atoms. The van der Waals surface area contributed by atoms with E-state index in [1.807, 2.05) is 7.05 Å². The molecule has 0 radical (unpaired) electrons. The van der Waals surface area contributed by atoms with Crippen LogP contribution in [0.4, 0.5) is 5.69 Å². The lowest BCUT2D eigenvalue weighted by Crippen LogP contribution is -2.37. The fourth-order valence-electron chi connectivity index (χ4n) is 1.72. The quantitative estimate of drug-likeness (QED) is 0.765. The first-order chi connectivity index (χ1) is 7.67. The van der Waals surface area contributed by atoms with Gasteiger partial charge in [-0.3, -0.25) is 0 Å². The molecule has 3 nitrogen and oxygen atoms in total. The van der Waals surface area contributed by atoms with E-state index >= 15 is 0 Å². The molecule has 0 aliphatic carbocycles. The van der Waals surface area contributed by atoms with Crippen molar-refractivity contribution in [2.75, 3.05) is 25.1 Å². The second-order valence-electron chi connectivity index (χ2n) is 4.24. The summed E-state index contributed by atoms with van der Waals surface area (Å²) in [6.45, 7) is 2.88. The van der Waals surface area contributed by atoms with Crippen molar-refractivity contribution in [3.8, 4) is 0 Å². The van der Waals surface area contributed by atoms with Crippen LogP contribution in [0.5, 0.6) is 0 Å². The molecule has 0 aromatic heterocycles. The third-order valence-electron chi connectivity index (χ3n) is 2.66. The molecule has 3 heteroatoms. The van der Waals surface area contributed by atoms with E-state index in [-0.39, 0.29) is 12.6 Å². The summed E-state index contributed by atoms with van der Waals surface area (Å²) in [6.07, 6.45) is 2.30. The lowest BCUT2D eigenvalue weighted by atomic mass is 10.1. The van der Waals surface area contributed by atoms with E-state index in [9.17, 15) is 0 Å². The zero-order chi connectivity index (χ0) is 12.0. The van der Waals surface area contributed by atoms with Crippen molar-refractivity contribution in [2.45, 2.75) is 25.8 Å². The van der Waals surface area contributed by atoms with Gasteiger partial charge in [0.1, 0.15) is 0 Å². The number of benzene rings is 1. The maximum Gasteiger partial charge on any atom is 0.0599 e. The molecule has 0 aliphatic rings. The van der Waals surface area contributed by atoms with Crippen LogP contribution in [0, 0.1) is 0 Å². The Labute approximate surface area is 97.9 Å². The fraction of sp³-hybridized carbons (Fsp3) is 0.538. The van der Waals surface area contributed by atoms with Crippen LogP contribution in [0.1, 0.15) is 18.9 Å². The van der Waals surface area contributed by atoms with Gasteiger partial charge in [-0.2, -0.15) is 0 Å². The molecule has 0 spiro atoms. The molecule has 3 N–H and O–H groups in total. The Bertz CT molecular complexity index is 297. The first-order valence-electron chi connectivity index (χ1n) is 5.84. The number of nitrogens with zero attached hydrogens (tertiary/aromatic N) is 1. The summed E-state index contributed by atoms with van der Waals surface area (Å²) in [7, 11) is 1.99. The Hall–Kier alpha value is -1.06. The van der Waals surface area contributed by atoms with E-state index in [0.717, 1.165) is 12.1 Å². The molecule has 0 aliphatic heterocycles. The topological polar surface area (TPSA) is 49.5 Å². The summed E-state index contributed by atoms with van der Waals surface area (Å²) in [5.74, 6) is 0. The first kappa shape index (κ1) is 13.0. The Balaban J connectivity index is 2.59. The van der Waals surface area contributed by atoms with Crippen molar-refractivity contribution in [1.29, 1.82) is 0 Å². The van der Waals surface area contributed by atoms with Gasteiger partial charge in [0.2, 0.25) is 0 Å². The molecule has 1 aromatic carbocycles. The number of hydrogen-bond acceptors (Lipinski definition) is 3. The molecule has 1 unspecified atom stereocenters. The van der Waals surface area contributed by atoms with Gasteiger partial charge >= 0.3 is 0 Å². The van der Waals surface area contributed by atoms with Crippen molar-refractivity contribution in [3.63, 3.8) is 0 Å². The normalized spacial score (nSPS) is 12.5. The van der Waals surface area contributed by atoms with E-state index in [2.05, 4.69) is 36.1 Å². The van der Waals surface area contributed by atoms with Gasteiger partial charge < -0.3 is 15.7 Å². The minimum Gasteiger partial charge on any atom is -0.395 e. The second kappa shape index (κ2) is 6.51. The van der Waals surface area contributed by atoms with Gasteiger partial charge in [0.05, 0.1) is 6.61 Å². The fourth-order valence-corrected chi connectivity index (χ4v) is 1.72. The number of rotatable bonds is 6. The molecule has 1 atom stereocenters. The average molecular weight is 222 g/mol. The molecule has 0 fully saturated rings. The zero-order valence-corrected chi connectivity index (χ0v) is 10.2. The van der Waals surface area contributed by atoms with Gasteiger partial charge in [-0.25, -0.2) is 0 Å². The highest BCUT2D eigenvalue weighted by Crippen LogP contribution is 2.14. The number of hydrogen-bond donors (Lipinski definition) is 2. The van der Waals surface area contributed by atoms with E-state index in [4.69, 9.17) is 10.8 Å². The monoisotopic (exact) mass is 222 g/mol. The standard InChI is InChI=1S/C13H22N2O/c1-3-4-11-5-7-13(8-6-11)15(2)9-12(14)10-16/h5-8,12,16H,3-4,9-10,14H2,1-2H3. The second-order valence-corrected chi connectivity index (χ2v) is 4.24. The highest BCUT2D eigenvalue weighted by Gasteiger charge is 2.06. The van der Waals surface area contributed by atoms with Crippen LogP contribution in [0.25, 0.3) is 0 Å². The molecule has 0 saturated heterocycles. The van der Waals surface area contributed by atoms with Gasteiger partial charge in [0, 0.05) is 25.3 Å². The van der Waals surface area contributed by atoms with Crippen LogP contribution in [0.3, 0.4) is 0 Å². The van der Waals surface area contributed by atoms with Crippen molar-refractivity contribution in [1.82, 2.24) is 0 Å². The largest absolute Gasteiger partial charge is 0.395 e. The minimum atomic E-state index is -0.180. The highest BCUT2D eigenvalue weighted by atomic mass is 16.3. The Morgan fingerprint density at radius 1 is 1.31 bits per heavy atom. The lowest BCUT2D eigenvalue weighted by molar-refractivity contribution is 0.267. The van der Waals surface area contributed by atoms with E-state index < -0.39 is 0 Å². The van der Waals surface area contributed by atoms with Crippen LogP contribution in [0.2, 0.25) is 0 Å². The number of likely N-dealkylation sites (N-methyl/N-ethyl adjacent to an activating group) is 1. The molecule has 1 aromatic rings. The van der Waals surface area contributed by atoms with Gasteiger partial charge in [0.25, 0.3) is 0 Å².